The molecule has 1 aliphatic heterocycles. The molecule has 100 valence electrons. The van der Waals surface area contributed by atoms with Gasteiger partial charge >= 0.3 is 6.09 Å². The van der Waals surface area contributed by atoms with Crippen molar-refractivity contribution in [3.63, 3.8) is 0 Å². The third-order valence-electron chi connectivity index (χ3n) is 2.74. The summed E-state index contributed by atoms with van der Waals surface area (Å²) in [5.41, 5.74) is 1.32. The van der Waals surface area contributed by atoms with Crippen molar-refractivity contribution < 1.29 is 11.0 Å². The highest BCUT2D eigenvalue weighted by Gasteiger charge is 2.25. The molecular weight excluding hydrogens is 232 g/mol. The number of ether oxygens (including phenoxy) is 1. The highest BCUT2D eigenvalue weighted by molar-refractivity contribution is 5.68. The number of hydrogen-bond donors (Lipinski definition) is 1. The molecule has 0 bridgehead atoms. The van der Waals surface area contributed by atoms with Gasteiger partial charge in [-0.05, 0) is 26.3 Å². The fourth-order valence-electron chi connectivity index (χ4n) is 1.93. The fourth-order valence-corrected chi connectivity index (χ4v) is 1.93. The topological polar surface area (TPSA) is 62.4 Å². The molecule has 0 spiro atoms. The lowest BCUT2D eigenvalue weighted by atomic mass is 10.1. The summed E-state index contributed by atoms with van der Waals surface area (Å²) in [7, 11) is 0. The first-order valence-electron chi connectivity index (χ1n) is 6.04. The van der Waals surface area contributed by atoms with Crippen molar-refractivity contribution in [2.24, 2.45) is 0 Å². The molecule has 0 aliphatic carbocycles. The maximum atomic E-state index is 11.9. The largest absolute Gasteiger partial charge is 0.444 e. The van der Waals surface area contributed by atoms with E-state index in [-0.39, 0.29) is 13.1 Å². The van der Waals surface area contributed by atoms with Gasteiger partial charge in [0.05, 0.1) is 6.54 Å². The van der Waals surface area contributed by atoms with Gasteiger partial charge in [-0.2, -0.15) is 0 Å². The van der Waals surface area contributed by atoms with Gasteiger partial charge in [0.25, 0.3) is 0 Å². The van der Waals surface area contributed by atoms with Crippen LogP contribution in [0.3, 0.4) is 0 Å². The lowest BCUT2D eigenvalue weighted by Gasteiger charge is -2.30. The summed E-state index contributed by atoms with van der Waals surface area (Å²) in [4.78, 5) is 27.6. The van der Waals surface area contributed by atoms with E-state index in [1.165, 1.54) is 6.07 Å². The Bertz CT molecular complexity index is 519. The van der Waals surface area contributed by atoms with Crippen molar-refractivity contribution in [1.29, 1.82) is 0 Å². The third kappa shape index (κ3) is 2.91. The molecule has 5 nitrogen and oxygen atoms in total. The SMILES string of the molecule is CC(C)(C)OC(=O)N1CCc2[nH]c(=O)ccc2C1.[HH]. The number of nitrogens with one attached hydrogen (secondary N) is 1. The summed E-state index contributed by atoms with van der Waals surface area (Å²) in [5.74, 6) is 0. The van der Waals surface area contributed by atoms with Gasteiger partial charge in [-0.3, -0.25) is 4.79 Å². The van der Waals surface area contributed by atoms with E-state index in [1.54, 1.807) is 11.0 Å². The molecule has 2 rings (SSSR count). The molecule has 18 heavy (non-hydrogen) atoms. The summed E-state index contributed by atoms with van der Waals surface area (Å²) in [5, 5.41) is 0. The van der Waals surface area contributed by atoms with E-state index >= 15 is 0 Å². The molecule has 0 saturated carbocycles. The van der Waals surface area contributed by atoms with E-state index in [9.17, 15) is 9.59 Å². The summed E-state index contributed by atoms with van der Waals surface area (Å²) in [6, 6.07) is 3.25. The zero-order chi connectivity index (χ0) is 13.3. The van der Waals surface area contributed by atoms with Gasteiger partial charge in [0.15, 0.2) is 0 Å². The Labute approximate surface area is 107 Å². The van der Waals surface area contributed by atoms with Crippen LogP contribution in [0.2, 0.25) is 0 Å². The quantitative estimate of drug-likeness (QED) is 0.767. The Kier molecular flexibility index (Phi) is 3.15. The van der Waals surface area contributed by atoms with Crippen LogP contribution in [0.4, 0.5) is 4.79 Å². The Morgan fingerprint density at radius 2 is 2.17 bits per heavy atom. The van der Waals surface area contributed by atoms with Crippen LogP contribution >= 0.6 is 0 Å². The van der Waals surface area contributed by atoms with Gasteiger partial charge < -0.3 is 14.6 Å². The fraction of sp³-hybridized carbons (Fsp3) is 0.538. The molecule has 1 amide bonds. The molecule has 1 aromatic heterocycles. The van der Waals surface area contributed by atoms with Gasteiger partial charge in [0.1, 0.15) is 5.60 Å². The van der Waals surface area contributed by atoms with Crippen LogP contribution in [-0.2, 0) is 17.7 Å². The number of pyridine rings is 1. The van der Waals surface area contributed by atoms with Crippen LogP contribution in [0, 0.1) is 0 Å². The second-order valence-corrected chi connectivity index (χ2v) is 5.48. The monoisotopic (exact) mass is 252 g/mol. The van der Waals surface area contributed by atoms with E-state index in [4.69, 9.17) is 4.74 Å². The van der Waals surface area contributed by atoms with Crippen LogP contribution in [0.25, 0.3) is 0 Å². The van der Waals surface area contributed by atoms with Gasteiger partial charge in [0, 0.05) is 26.2 Å². The number of rotatable bonds is 0. The molecule has 0 aromatic carbocycles. The van der Waals surface area contributed by atoms with Gasteiger partial charge in [-0.15, -0.1) is 0 Å². The molecule has 1 N–H and O–H groups in total. The Morgan fingerprint density at radius 1 is 1.44 bits per heavy atom. The molecular formula is C13H20N2O3. The van der Waals surface area contributed by atoms with Crippen LogP contribution in [0.5, 0.6) is 0 Å². The number of aromatic nitrogens is 1. The molecule has 0 saturated heterocycles. The van der Waals surface area contributed by atoms with Crippen LogP contribution in [-0.4, -0.2) is 28.1 Å². The van der Waals surface area contributed by atoms with Crippen molar-refractivity contribution >= 4 is 6.09 Å². The van der Waals surface area contributed by atoms with Gasteiger partial charge in [0.2, 0.25) is 5.56 Å². The minimum atomic E-state index is -0.484. The molecule has 1 aromatic rings. The third-order valence-corrected chi connectivity index (χ3v) is 2.74. The predicted molar refractivity (Wildman–Crippen MR) is 69.5 cm³/mol. The average Bonchev–Trinajstić information content (AvgIpc) is 2.26. The first kappa shape index (κ1) is 12.7. The standard InChI is InChI=1S/C13H18N2O3.H2/c1-13(2,3)18-12(17)15-7-6-10-9(8-15)4-5-11(16)14-10;/h4-5H,6-8H2,1-3H3,(H,14,16);1H. The van der Waals surface area contributed by atoms with Gasteiger partial charge in [-0.25, -0.2) is 4.79 Å². The van der Waals surface area contributed by atoms with E-state index in [0.717, 1.165) is 11.3 Å². The van der Waals surface area contributed by atoms with Crippen LogP contribution < -0.4 is 5.56 Å². The Morgan fingerprint density at radius 3 is 2.83 bits per heavy atom. The van der Waals surface area contributed by atoms with Crippen molar-refractivity contribution in [2.75, 3.05) is 6.54 Å². The summed E-state index contributed by atoms with van der Waals surface area (Å²) in [6.45, 7) is 6.60. The Balaban J connectivity index is 0.00000180. The van der Waals surface area contributed by atoms with E-state index in [0.29, 0.717) is 19.5 Å². The zero-order valence-electron chi connectivity index (χ0n) is 10.9. The number of aromatic amines is 1. The zero-order valence-corrected chi connectivity index (χ0v) is 10.9. The first-order valence-corrected chi connectivity index (χ1v) is 6.04. The Hall–Kier alpha value is -1.78. The number of nitrogens with zero attached hydrogens (tertiary/aromatic N) is 1. The minimum Gasteiger partial charge on any atom is -0.444 e. The number of hydrogen-bond acceptors (Lipinski definition) is 3. The molecule has 0 unspecified atom stereocenters. The predicted octanol–water partition coefficient (Wildman–Crippen LogP) is 1.91. The second kappa shape index (κ2) is 4.48. The molecule has 5 heteroatoms. The number of carbonyl (C=O) groups excluding carboxylic acids is 1. The highest BCUT2D eigenvalue weighted by atomic mass is 16.6. The number of amides is 1. The smallest absolute Gasteiger partial charge is 0.410 e. The molecule has 0 fully saturated rings. The number of H-pyrrole nitrogens is 1. The molecule has 2 heterocycles. The molecule has 1 aliphatic rings. The number of carbonyl (C=O) groups is 1. The van der Waals surface area contributed by atoms with Crippen LogP contribution in [0.15, 0.2) is 16.9 Å². The first-order chi connectivity index (χ1) is 8.35. The van der Waals surface area contributed by atoms with Gasteiger partial charge in [-0.1, -0.05) is 6.07 Å². The second-order valence-electron chi connectivity index (χ2n) is 5.48. The number of fused-ring (bicyclic) bond motifs is 1. The van der Waals surface area contributed by atoms with Crippen molar-refractivity contribution in [1.82, 2.24) is 9.88 Å². The summed E-state index contributed by atoms with van der Waals surface area (Å²) >= 11 is 0. The minimum absolute atomic E-state index is 0. The normalized spacial score (nSPS) is 15.2. The average molecular weight is 252 g/mol. The highest BCUT2D eigenvalue weighted by Crippen LogP contribution is 2.18. The summed E-state index contributed by atoms with van der Waals surface area (Å²) in [6.07, 6.45) is 0.351. The lowest BCUT2D eigenvalue weighted by molar-refractivity contribution is 0.0222. The molecule has 0 atom stereocenters. The molecule has 0 radical (unpaired) electrons. The lowest BCUT2D eigenvalue weighted by Crippen LogP contribution is -2.40. The van der Waals surface area contributed by atoms with Crippen molar-refractivity contribution in [2.45, 2.75) is 39.3 Å². The van der Waals surface area contributed by atoms with E-state index in [1.807, 2.05) is 20.8 Å². The van der Waals surface area contributed by atoms with E-state index in [2.05, 4.69) is 4.98 Å². The van der Waals surface area contributed by atoms with E-state index < -0.39 is 5.60 Å². The van der Waals surface area contributed by atoms with Crippen LogP contribution in [0.1, 0.15) is 33.5 Å². The maximum absolute atomic E-state index is 11.9. The van der Waals surface area contributed by atoms with Crippen molar-refractivity contribution in [3.05, 3.63) is 33.7 Å². The maximum Gasteiger partial charge on any atom is 0.410 e. The van der Waals surface area contributed by atoms with Crippen molar-refractivity contribution in [3.8, 4) is 0 Å². The summed E-state index contributed by atoms with van der Waals surface area (Å²) < 4.78 is 5.33.